The van der Waals surface area contributed by atoms with E-state index in [0.29, 0.717) is 12.0 Å². The van der Waals surface area contributed by atoms with E-state index in [0.717, 1.165) is 52.4 Å². The van der Waals surface area contributed by atoms with Crippen LogP contribution in [0.5, 0.6) is 0 Å². The number of nitrogens with zero attached hydrogens (tertiary/aromatic N) is 6. The minimum atomic E-state index is 0.130. The number of aromatic nitrogens is 5. The van der Waals surface area contributed by atoms with E-state index in [1.54, 1.807) is 9.20 Å². The molecule has 0 aliphatic carbocycles. The van der Waals surface area contributed by atoms with Gasteiger partial charge in [-0.05, 0) is 35.9 Å². The Hall–Kier alpha value is -3.04. The van der Waals surface area contributed by atoms with E-state index in [4.69, 9.17) is 0 Å². The second-order valence-corrected chi connectivity index (χ2v) is 9.00. The highest BCUT2D eigenvalue weighted by molar-refractivity contribution is 7.12. The highest BCUT2D eigenvalue weighted by atomic mass is 32.1. The predicted octanol–water partition coefficient (Wildman–Crippen LogP) is 2.29. The Bertz CT molecular complexity index is 1240. The summed E-state index contributed by atoms with van der Waals surface area (Å²) < 4.78 is 3.55. The molecule has 2 aliphatic rings. The second kappa shape index (κ2) is 6.75. The fourth-order valence-electron chi connectivity index (χ4n) is 4.56. The Morgan fingerprint density at radius 1 is 1.13 bits per heavy atom. The summed E-state index contributed by atoms with van der Waals surface area (Å²) in [4.78, 5) is 20.4. The van der Waals surface area contributed by atoms with Crippen molar-refractivity contribution in [2.75, 3.05) is 19.6 Å². The summed E-state index contributed by atoms with van der Waals surface area (Å²) in [6.07, 6.45) is 10.5. The van der Waals surface area contributed by atoms with Crippen LogP contribution in [0.2, 0.25) is 0 Å². The molecule has 6 heterocycles. The first kappa shape index (κ1) is 17.8. The summed E-state index contributed by atoms with van der Waals surface area (Å²) in [5.74, 6) is 0.733. The number of likely N-dealkylation sites (tertiary alicyclic amines) is 1. The van der Waals surface area contributed by atoms with Gasteiger partial charge in [-0.15, -0.1) is 11.3 Å². The molecule has 1 amide bonds. The Morgan fingerprint density at radius 2 is 2.03 bits per heavy atom. The number of carbonyl (C=O) groups excluding carboxylic acids is 1. The summed E-state index contributed by atoms with van der Waals surface area (Å²) in [6.45, 7) is 2.75. The molecule has 2 unspecified atom stereocenters. The van der Waals surface area contributed by atoms with Gasteiger partial charge in [-0.1, -0.05) is 0 Å². The van der Waals surface area contributed by atoms with Gasteiger partial charge in [0.05, 0.1) is 17.3 Å². The molecule has 2 atom stereocenters. The third kappa shape index (κ3) is 2.85. The number of amides is 1. The van der Waals surface area contributed by atoms with Crippen molar-refractivity contribution in [1.29, 1.82) is 0 Å². The zero-order valence-electron chi connectivity index (χ0n) is 16.5. The van der Waals surface area contributed by atoms with Gasteiger partial charge < -0.3 is 10.2 Å². The number of nitrogens with one attached hydrogen (secondary N) is 1. The van der Waals surface area contributed by atoms with Crippen LogP contribution >= 0.6 is 11.3 Å². The van der Waals surface area contributed by atoms with E-state index >= 15 is 0 Å². The zero-order valence-corrected chi connectivity index (χ0v) is 17.3. The number of thiophene rings is 1. The lowest BCUT2D eigenvalue weighted by Gasteiger charge is -2.16. The maximum atomic E-state index is 13.0. The van der Waals surface area contributed by atoms with Crippen molar-refractivity contribution in [3.8, 4) is 22.3 Å². The van der Waals surface area contributed by atoms with Crippen molar-refractivity contribution in [3.05, 3.63) is 47.3 Å². The summed E-state index contributed by atoms with van der Waals surface area (Å²) in [5.41, 5.74) is 4.65. The molecule has 0 aromatic carbocycles. The largest absolute Gasteiger partial charge is 0.336 e. The van der Waals surface area contributed by atoms with E-state index in [-0.39, 0.29) is 5.91 Å². The van der Waals surface area contributed by atoms with Gasteiger partial charge in [0.1, 0.15) is 0 Å². The van der Waals surface area contributed by atoms with Gasteiger partial charge in [-0.2, -0.15) is 10.2 Å². The lowest BCUT2D eigenvalue weighted by atomic mass is 10.1. The van der Waals surface area contributed by atoms with Gasteiger partial charge >= 0.3 is 0 Å². The van der Waals surface area contributed by atoms with Crippen LogP contribution in [-0.4, -0.2) is 60.9 Å². The van der Waals surface area contributed by atoms with Crippen LogP contribution < -0.4 is 5.32 Å². The standard InChI is InChI=1S/C21H21N7OS/c1-26-8-16(6-24-26)15-5-23-20-17(7-25-28(20)10-15)14-4-19(30-12-14)21(29)27-9-13-2-3-22-18(13)11-27/h4-8,10,12-13,18,22H,2-3,9,11H2,1H3. The number of rotatable bonds is 3. The Balaban J connectivity index is 1.27. The molecule has 0 bridgehead atoms. The first-order valence-corrected chi connectivity index (χ1v) is 11.0. The van der Waals surface area contributed by atoms with Crippen LogP contribution in [0.3, 0.4) is 0 Å². The molecule has 0 spiro atoms. The molecule has 2 aliphatic heterocycles. The van der Waals surface area contributed by atoms with Gasteiger partial charge in [0.15, 0.2) is 5.65 Å². The average molecular weight is 420 g/mol. The third-order valence-electron chi connectivity index (χ3n) is 6.17. The minimum Gasteiger partial charge on any atom is -0.336 e. The van der Waals surface area contributed by atoms with Crippen molar-refractivity contribution >= 4 is 22.9 Å². The van der Waals surface area contributed by atoms with Gasteiger partial charge in [0.2, 0.25) is 0 Å². The zero-order chi connectivity index (χ0) is 20.2. The lowest BCUT2D eigenvalue weighted by Crippen LogP contribution is -2.33. The highest BCUT2D eigenvalue weighted by Crippen LogP contribution is 2.32. The van der Waals surface area contributed by atoms with Crippen molar-refractivity contribution in [3.63, 3.8) is 0 Å². The summed E-state index contributed by atoms with van der Waals surface area (Å²) in [6, 6.07) is 2.44. The number of aryl methyl sites for hydroxylation is 1. The molecule has 0 radical (unpaired) electrons. The molecule has 152 valence electrons. The van der Waals surface area contributed by atoms with Crippen LogP contribution in [-0.2, 0) is 7.05 Å². The van der Waals surface area contributed by atoms with Crippen molar-refractivity contribution in [2.45, 2.75) is 12.5 Å². The van der Waals surface area contributed by atoms with Gasteiger partial charge in [0, 0.05) is 61.5 Å². The Labute approximate surface area is 177 Å². The maximum Gasteiger partial charge on any atom is 0.264 e. The monoisotopic (exact) mass is 419 g/mol. The Morgan fingerprint density at radius 3 is 2.87 bits per heavy atom. The molecule has 6 rings (SSSR count). The van der Waals surface area contributed by atoms with Gasteiger partial charge in [-0.3, -0.25) is 9.48 Å². The number of carbonyl (C=O) groups is 1. The van der Waals surface area contributed by atoms with E-state index in [9.17, 15) is 4.79 Å². The average Bonchev–Trinajstić information content (AvgIpc) is 3.53. The summed E-state index contributed by atoms with van der Waals surface area (Å²) in [7, 11) is 1.89. The number of hydrogen-bond donors (Lipinski definition) is 1. The van der Waals surface area contributed by atoms with E-state index in [2.05, 4.69) is 20.5 Å². The van der Waals surface area contributed by atoms with Crippen molar-refractivity contribution < 1.29 is 4.79 Å². The second-order valence-electron chi connectivity index (χ2n) is 8.09. The summed E-state index contributed by atoms with van der Waals surface area (Å²) >= 11 is 1.49. The quantitative estimate of drug-likeness (QED) is 0.551. The first-order chi connectivity index (χ1) is 14.7. The maximum absolute atomic E-state index is 13.0. The van der Waals surface area contributed by atoms with E-state index in [1.807, 2.05) is 54.4 Å². The SMILES string of the molecule is Cn1cc(-c2cnc3c(-c4csc(C(=O)N5CC6CCNC6C5)c4)cnn3c2)cn1. The minimum absolute atomic E-state index is 0.130. The molecular weight excluding hydrogens is 398 g/mol. The molecule has 30 heavy (non-hydrogen) atoms. The molecule has 2 fully saturated rings. The van der Waals surface area contributed by atoms with E-state index in [1.165, 1.54) is 17.8 Å². The third-order valence-corrected chi connectivity index (χ3v) is 7.08. The highest BCUT2D eigenvalue weighted by Gasteiger charge is 2.38. The first-order valence-electron chi connectivity index (χ1n) is 10.1. The smallest absolute Gasteiger partial charge is 0.264 e. The fraction of sp³-hybridized carbons (Fsp3) is 0.333. The predicted molar refractivity (Wildman–Crippen MR) is 114 cm³/mol. The molecule has 0 saturated carbocycles. The number of hydrogen-bond acceptors (Lipinski definition) is 6. The van der Waals surface area contributed by atoms with Crippen LogP contribution in [0.15, 0.2) is 42.4 Å². The molecule has 9 heteroatoms. The molecule has 4 aromatic heterocycles. The molecule has 4 aromatic rings. The van der Waals surface area contributed by atoms with Gasteiger partial charge in [0.25, 0.3) is 5.91 Å². The lowest BCUT2D eigenvalue weighted by molar-refractivity contribution is 0.0787. The van der Waals surface area contributed by atoms with E-state index < -0.39 is 0 Å². The van der Waals surface area contributed by atoms with Crippen LogP contribution in [0.25, 0.3) is 27.9 Å². The fourth-order valence-corrected chi connectivity index (χ4v) is 5.43. The normalized spacial score (nSPS) is 20.9. The van der Waals surface area contributed by atoms with Crippen molar-refractivity contribution in [2.24, 2.45) is 13.0 Å². The molecule has 8 nitrogen and oxygen atoms in total. The Kier molecular flexibility index (Phi) is 4.00. The molecule has 2 saturated heterocycles. The molecular formula is C21H21N7OS. The molecule has 1 N–H and O–H groups in total. The number of fused-ring (bicyclic) bond motifs is 2. The van der Waals surface area contributed by atoms with Crippen LogP contribution in [0.4, 0.5) is 0 Å². The van der Waals surface area contributed by atoms with Crippen LogP contribution in [0.1, 0.15) is 16.1 Å². The van der Waals surface area contributed by atoms with Crippen molar-refractivity contribution in [1.82, 2.24) is 34.6 Å². The van der Waals surface area contributed by atoms with Crippen LogP contribution in [0, 0.1) is 5.92 Å². The topological polar surface area (TPSA) is 80.4 Å². The van der Waals surface area contributed by atoms with Gasteiger partial charge in [-0.25, -0.2) is 9.50 Å². The summed E-state index contributed by atoms with van der Waals surface area (Å²) in [5, 5.41) is 14.2.